The molecule has 0 aliphatic heterocycles. The van der Waals surface area contributed by atoms with Gasteiger partial charge < -0.3 is 5.32 Å². The van der Waals surface area contributed by atoms with Crippen LogP contribution in [0.3, 0.4) is 0 Å². The van der Waals surface area contributed by atoms with E-state index in [9.17, 15) is 0 Å². The third-order valence-corrected chi connectivity index (χ3v) is 3.03. The fraction of sp³-hybridized carbons (Fsp3) is 0.133. The molecule has 0 aromatic heterocycles. The monoisotopic (exact) mass is 256 g/mol. The number of hydrogen-bond acceptors (Lipinski definition) is 2. The summed E-state index contributed by atoms with van der Waals surface area (Å²) < 4.78 is 0. The van der Waals surface area contributed by atoms with Crippen LogP contribution in [0.25, 0.3) is 11.1 Å². The Morgan fingerprint density at radius 1 is 1.22 bits per heavy atom. The molecule has 2 aromatic carbocycles. The van der Waals surface area contributed by atoms with E-state index in [2.05, 4.69) is 11.4 Å². The molecular formula is C15H13ClN2. The normalized spacial score (nSPS) is 10.1. The van der Waals surface area contributed by atoms with Crippen molar-refractivity contribution in [3.8, 4) is 17.2 Å². The molecule has 0 unspecified atom stereocenters. The lowest BCUT2D eigenvalue weighted by Gasteiger charge is -2.07. The zero-order chi connectivity index (χ0) is 13.0. The maximum Gasteiger partial charge on any atom is 0.0991 e. The predicted molar refractivity (Wildman–Crippen MR) is 74.4 cm³/mol. The van der Waals surface area contributed by atoms with Gasteiger partial charge in [-0.3, -0.25) is 0 Å². The summed E-state index contributed by atoms with van der Waals surface area (Å²) in [6, 6.07) is 15.6. The van der Waals surface area contributed by atoms with Gasteiger partial charge in [-0.15, -0.1) is 0 Å². The van der Waals surface area contributed by atoms with Crippen LogP contribution < -0.4 is 5.32 Å². The molecule has 0 bridgehead atoms. The second-order valence-corrected chi connectivity index (χ2v) is 4.44. The van der Waals surface area contributed by atoms with Crippen LogP contribution >= 0.6 is 11.6 Å². The van der Waals surface area contributed by atoms with Crippen molar-refractivity contribution in [1.82, 2.24) is 5.32 Å². The zero-order valence-corrected chi connectivity index (χ0v) is 10.8. The predicted octanol–water partition coefficient (Wildman–Crippen LogP) is 3.60. The Morgan fingerprint density at radius 2 is 2.06 bits per heavy atom. The van der Waals surface area contributed by atoms with E-state index in [1.807, 2.05) is 43.4 Å². The van der Waals surface area contributed by atoms with E-state index >= 15 is 0 Å². The van der Waals surface area contributed by atoms with Gasteiger partial charge in [0.2, 0.25) is 0 Å². The average Bonchev–Trinajstić information content (AvgIpc) is 2.39. The van der Waals surface area contributed by atoms with Crippen molar-refractivity contribution in [3.63, 3.8) is 0 Å². The summed E-state index contributed by atoms with van der Waals surface area (Å²) in [5, 5.41) is 12.7. The Labute approximate surface area is 112 Å². The summed E-state index contributed by atoms with van der Waals surface area (Å²) in [4.78, 5) is 0. The number of benzene rings is 2. The van der Waals surface area contributed by atoms with E-state index in [0.717, 1.165) is 23.2 Å². The summed E-state index contributed by atoms with van der Waals surface area (Å²) >= 11 is 6.28. The Morgan fingerprint density at radius 3 is 2.72 bits per heavy atom. The van der Waals surface area contributed by atoms with Crippen LogP contribution in [0.15, 0.2) is 42.5 Å². The molecule has 2 rings (SSSR count). The van der Waals surface area contributed by atoms with Gasteiger partial charge in [0.1, 0.15) is 0 Å². The van der Waals surface area contributed by atoms with Crippen molar-refractivity contribution in [2.24, 2.45) is 0 Å². The zero-order valence-electron chi connectivity index (χ0n) is 10.1. The first kappa shape index (κ1) is 12.6. The Balaban J connectivity index is 2.41. The van der Waals surface area contributed by atoms with Crippen LogP contribution in [-0.4, -0.2) is 7.05 Å². The van der Waals surface area contributed by atoms with E-state index in [1.165, 1.54) is 0 Å². The van der Waals surface area contributed by atoms with Gasteiger partial charge in [0.05, 0.1) is 11.6 Å². The van der Waals surface area contributed by atoms with E-state index in [4.69, 9.17) is 16.9 Å². The summed E-state index contributed by atoms with van der Waals surface area (Å²) in [5.74, 6) is 0. The van der Waals surface area contributed by atoms with E-state index in [0.29, 0.717) is 10.6 Å². The molecule has 0 amide bonds. The first-order chi connectivity index (χ1) is 8.74. The lowest BCUT2D eigenvalue weighted by atomic mass is 10.0. The highest BCUT2D eigenvalue weighted by atomic mass is 35.5. The van der Waals surface area contributed by atoms with Gasteiger partial charge in [0, 0.05) is 17.1 Å². The highest BCUT2D eigenvalue weighted by molar-refractivity contribution is 6.33. The molecule has 90 valence electrons. The van der Waals surface area contributed by atoms with Crippen LogP contribution in [0.5, 0.6) is 0 Å². The minimum Gasteiger partial charge on any atom is -0.316 e. The second kappa shape index (κ2) is 5.68. The largest absolute Gasteiger partial charge is 0.316 e. The number of nitriles is 1. The van der Waals surface area contributed by atoms with Crippen LogP contribution in [0.2, 0.25) is 5.02 Å². The van der Waals surface area contributed by atoms with Crippen molar-refractivity contribution in [2.45, 2.75) is 6.54 Å². The molecule has 0 heterocycles. The SMILES string of the molecule is CNCc1ccc(-c2cccc(C#N)c2)c(Cl)c1. The van der Waals surface area contributed by atoms with Gasteiger partial charge in [0.15, 0.2) is 0 Å². The molecule has 0 saturated heterocycles. The van der Waals surface area contributed by atoms with Crippen molar-refractivity contribution in [2.75, 3.05) is 7.05 Å². The highest BCUT2D eigenvalue weighted by Crippen LogP contribution is 2.29. The summed E-state index contributed by atoms with van der Waals surface area (Å²) in [7, 11) is 1.90. The van der Waals surface area contributed by atoms with Gasteiger partial charge >= 0.3 is 0 Å². The summed E-state index contributed by atoms with van der Waals surface area (Å²) in [5.41, 5.74) is 3.70. The second-order valence-electron chi connectivity index (χ2n) is 4.04. The van der Waals surface area contributed by atoms with Crippen molar-refractivity contribution in [1.29, 1.82) is 5.26 Å². The maximum atomic E-state index is 8.90. The molecular weight excluding hydrogens is 244 g/mol. The van der Waals surface area contributed by atoms with Gasteiger partial charge in [-0.25, -0.2) is 0 Å². The first-order valence-electron chi connectivity index (χ1n) is 5.68. The quantitative estimate of drug-likeness (QED) is 0.911. The molecule has 0 radical (unpaired) electrons. The van der Waals surface area contributed by atoms with Crippen LogP contribution in [0, 0.1) is 11.3 Å². The summed E-state index contributed by atoms with van der Waals surface area (Å²) in [6.45, 7) is 0.790. The molecule has 0 atom stereocenters. The van der Waals surface area contributed by atoms with E-state index in [1.54, 1.807) is 6.07 Å². The minimum atomic E-state index is 0.642. The molecule has 3 heteroatoms. The molecule has 1 N–H and O–H groups in total. The molecule has 0 saturated carbocycles. The Kier molecular flexibility index (Phi) is 3.99. The number of hydrogen-bond donors (Lipinski definition) is 1. The lowest BCUT2D eigenvalue weighted by molar-refractivity contribution is 0.818. The molecule has 2 nitrogen and oxygen atoms in total. The fourth-order valence-electron chi connectivity index (χ4n) is 1.86. The van der Waals surface area contributed by atoms with E-state index < -0.39 is 0 Å². The fourth-order valence-corrected chi connectivity index (χ4v) is 2.18. The Bertz CT molecular complexity index is 600. The third-order valence-electron chi connectivity index (χ3n) is 2.72. The number of nitrogens with zero attached hydrogens (tertiary/aromatic N) is 1. The van der Waals surface area contributed by atoms with Gasteiger partial charge in [-0.05, 0) is 36.4 Å². The maximum absolute atomic E-state index is 8.90. The minimum absolute atomic E-state index is 0.642. The van der Waals surface area contributed by atoms with Crippen molar-refractivity contribution in [3.05, 3.63) is 58.6 Å². The van der Waals surface area contributed by atoms with Gasteiger partial charge in [-0.2, -0.15) is 5.26 Å². The van der Waals surface area contributed by atoms with Crippen molar-refractivity contribution >= 4 is 11.6 Å². The molecule has 18 heavy (non-hydrogen) atoms. The molecule has 0 fully saturated rings. The smallest absolute Gasteiger partial charge is 0.0991 e. The number of halogens is 1. The molecule has 2 aromatic rings. The molecule has 0 aliphatic rings. The topological polar surface area (TPSA) is 35.8 Å². The lowest BCUT2D eigenvalue weighted by Crippen LogP contribution is -2.04. The Hall–Kier alpha value is -1.82. The van der Waals surface area contributed by atoms with Crippen molar-refractivity contribution < 1.29 is 0 Å². The van der Waals surface area contributed by atoms with Crippen LogP contribution in [-0.2, 0) is 6.54 Å². The van der Waals surface area contributed by atoms with Gasteiger partial charge in [-0.1, -0.05) is 35.9 Å². The average molecular weight is 257 g/mol. The standard InChI is InChI=1S/C15H13ClN2/c1-18-10-12-5-6-14(15(16)8-12)13-4-2-3-11(7-13)9-17/h2-8,18H,10H2,1H3. The van der Waals surface area contributed by atoms with Crippen LogP contribution in [0.1, 0.15) is 11.1 Å². The number of nitrogens with one attached hydrogen (secondary N) is 1. The van der Waals surface area contributed by atoms with E-state index in [-0.39, 0.29) is 0 Å². The molecule has 0 aliphatic carbocycles. The number of rotatable bonds is 3. The molecule has 0 spiro atoms. The van der Waals surface area contributed by atoms with Gasteiger partial charge in [0.25, 0.3) is 0 Å². The highest BCUT2D eigenvalue weighted by Gasteiger charge is 2.05. The summed E-state index contributed by atoms with van der Waals surface area (Å²) in [6.07, 6.45) is 0. The van der Waals surface area contributed by atoms with Crippen LogP contribution in [0.4, 0.5) is 0 Å². The third kappa shape index (κ3) is 2.70. The first-order valence-corrected chi connectivity index (χ1v) is 6.06.